The van der Waals surface area contributed by atoms with Crippen LogP contribution >= 0.6 is 0 Å². The molecule has 0 radical (unpaired) electrons. The van der Waals surface area contributed by atoms with E-state index < -0.39 is 0 Å². The van der Waals surface area contributed by atoms with Gasteiger partial charge in [0.05, 0.1) is 7.11 Å². The summed E-state index contributed by atoms with van der Waals surface area (Å²) in [5.74, 6) is 0.938. The average Bonchev–Trinajstić information content (AvgIpc) is 2.01. The Labute approximate surface area is 78.6 Å². The van der Waals surface area contributed by atoms with E-state index in [1.165, 1.54) is 0 Å². The molecular weight excluding hydrogens is 166 g/mol. The van der Waals surface area contributed by atoms with E-state index in [-0.39, 0.29) is 5.75 Å². The van der Waals surface area contributed by atoms with Crippen molar-refractivity contribution in [2.24, 2.45) is 0 Å². The summed E-state index contributed by atoms with van der Waals surface area (Å²) in [5, 5.41) is 9.34. The molecule has 1 aromatic carbocycles. The zero-order valence-corrected chi connectivity index (χ0v) is 8.24. The summed E-state index contributed by atoms with van der Waals surface area (Å²) in [5.41, 5.74) is 1.04. The Hall–Kier alpha value is -1.22. The van der Waals surface area contributed by atoms with Crippen molar-refractivity contribution < 1.29 is 9.84 Å². The normalized spacial score (nSPS) is 10.5. The Morgan fingerprint density at radius 3 is 2.54 bits per heavy atom. The molecule has 0 heterocycles. The van der Waals surface area contributed by atoms with Crippen molar-refractivity contribution in [2.45, 2.75) is 6.54 Å². The van der Waals surface area contributed by atoms with Gasteiger partial charge in [0, 0.05) is 12.6 Å². The molecule has 1 N–H and O–H groups in total. The number of phenols is 1. The molecule has 0 amide bonds. The Morgan fingerprint density at radius 1 is 1.31 bits per heavy atom. The second-order valence-corrected chi connectivity index (χ2v) is 3.28. The first kappa shape index (κ1) is 9.86. The molecule has 3 nitrogen and oxygen atoms in total. The Bertz CT molecular complexity index is 284. The predicted octanol–water partition coefficient (Wildman–Crippen LogP) is 1.46. The maximum absolute atomic E-state index is 9.34. The van der Waals surface area contributed by atoms with E-state index >= 15 is 0 Å². The Kier molecular flexibility index (Phi) is 3.14. The molecule has 0 atom stereocenters. The van der Waals surface area contributed by atoms with Crippen LogP contribution in [0.2, 0.25) is 0 Å². The van der Waals surface area contributed by atoms with Crippen LogP contribution in [0.5, 0.6) is 11.5 Å². The van der Waals surface area contributed by atoms with E-state index in [9.17, 15) is 5.11 Å². The molecule has 0 aliphatic carbocycles. The lowest BCUT2D eigenvalue weighted by molar-refractivity contribution is 0.389. The standard InChI is InChI=1S/C10H15NO2/c1-11(2)7-8-4-9(12)6-10(5-8)13-3/h4-6,12H,7H2,1-3H3. The van der Waals surface area contributed by atoms with E-state index in [0.717, 1.165) is 12.1 Å². The molecule has 0 spiro atoms. The van der Waals surface area contributed by atoms with E-state index in [2.05, 4.69) is 0 Å². The average molecular weight is 181 g/mol. The van der Waals surface area contributed by atoms with Gasteiger partial charge in [0.15, 0.2) is 0 Å². The van der Waals surface area contributed by atoms with E-state index in [1.54, 1.807) is 19.2 Å². The molecule has 0 fully saturated rings. The summed E-state index contributed by atoms with van der Waals surface area (Å²) >= 11 is 0. The van der Waals surface area contributed by atoms with Crippen LogP contribution < -0.4 is 4.74 Å². The summed E-state index contributed by atoms with van der Waals surface area (Å²) in [6.07, 6.45) is 0. The molecule has 0 aliphatic heterocycles. The molecule has 0 saturated heterocycles. The summed E-state index contributed by atoms with van der Waals surface area (Å²) in [7, 11) is 5.56. The van der Waals surface area contributed by atoms with Crippen molar-refractivity contribution in [3.05, 3.63) is 23.8 Å². The van der Waals surface area contributed by atoms with Crippen LogP contribution in [0.25, 0.3) is 0 Å². The Morgan fingerprint density at radius 2 is 2.00 bits per heavy atom. The highest BCUT2D eigenvalue weighted by molar-refractivity contribution is 5.37. The minimum Gasteiger partial charge on any atom is -0.508 e. The van der Waals surface area contributed by atoms with E-state index in [4.69, 9.17) is 4.74 Å². The van der Waals surface area contributed by atoms with E-state index in [0.29, 0.717) is 5.75 Å². The quantitative estimate of drug-likeness (QED) is 0.766. The molecule has 0 aromatic heterocycles. The first-order valence-corrected chi connectivity index (χ1v) is 4.13. The maximum atomic E-state index is 9.34. The molecule has 0 aliphatic rings. The van der Waals surface area contributed by atoms with Gasteiger partial charge in [-0.3, -0.25) is 0 Å². The van der Waals surface area contributed by atoms with Crippen LogP contribution in [0.15, 0.2) is 18.2 Å². The van der Waals surface area contributed by atoms with Gasteiger partial charge in [-0.05, 0) is 31.8 Å². The SMILES string of the molecule is COc1cc(O)cc(CN(C)C)c1. The monoisotopic (exact) mass is 181 g/mol. The zero-order chi connectivity index (χ0) is 9.84. The second-order valence-electron chi connectivity index (χ2n) is 3.28. The van der Waals surface area contributed by atoms with Crippen molar-refractivity contribution in [1.29, 1.82) is 0 Å². The molecule has 72 valence electrons. The van der Waals surface area contributed by atoms with Crippen LogP contribution in [-0.4, -0.2) is 31.2 Å². The fourth-order valence-electron chi connectivity index (χ4n) is 1.22. The topological polar surface area (TPSA) is 32.7 Å². The number of hydrogen-bond acceptors (Lipinski definition) is 3. The van der Waals surface area contributed by atoms with Crippen molar-refractivity contribution in [3.63, 3.8) is 0 Å². The largest absolute Gasteiger partial charge is 0.508 e. The number of methoxy groups -OCH3 is 1. The summed E-state index contributed by atoms with van der Waals surface area (Å²) in [6.45, 7) is 0.796. The fraction of sp³-hybridized carbons (Fsp3) is 0.400. The zero-order valence-electron chi connectivity index (χ0n) is 8.24. The lowest BCUT2D eigenvalue weighted by atomic mass is 10.2. The Balaban J connectivity index is 2.88. The van der Waals surface area contributed by atoms with Gasteiger partial charge in [-0.15, -0.1) is 0 Å². The van der Waals surface area contributed by atoms with Crippen molar-refractivity contribution in [2.75, 3.05) is 21.2 Å². The summed E-state index contributed by atoms with van der Waals surface area (Å²) < 4.78 is 5.04. The highest BCUT2D eigenvalue weighted by Gasteiger charge is 2.00. The van der Waals surface area contributed by atoms with Gasteiger partial charge < -0.3 is 14.7 Å². The van der Waals surface area contributed by atoms with Gasteiger partial charge in [-0.1, -0.05) is 0 Å². The van der Waals surface area contributed by atoms with Crippen molar-refractivity contribution >= 4 is 0 Å². The fourth-order valence-corrected chi connectivity index (χ4v) is 1.22. The van der Waals surface area contributed by atoms with Crippen LogP contribution in [-0.2, 0) is 6.54 Å². The molecule has 13 heavy (non-hydrogen) atoms. The van der Waals surface area contributed by atoms with Gasteiger partial charge in [-0.25, -0.2) is 0 Å². The minimum absolute atomic E-state index is 0.246. The minimum atomic E-state index is 0.246. The van der Waals surface area contributed by atoms with Gasteiger partial charge in [0.25, 0.3) is 0 Å². The smallest absolute Gasteiger partial charge is 0.122 e. The molecule has 0 unspecified atom stereocenters. The van der Waals surface area contributed by atoms with Crippen molar-refractivity contribution in [3.8, 4) is 11.5 Å². The van der Waals surface area contributed by atoms with Crippen molar-refractivity contribution in [1.82, 2.24) is 4.90 Å². The molecule has 1 rings (SSSR count). The second kappa shape index (κ2) is 4.14. The predicted molar refractivity (Wildman–Crippen MR) is 52.0 cm³/mol. The van der Waals surface area contributed by atoms with Crippen LogP contribution in [0.1, 0.15) is 5.56 Å². The van der Waals surface area contributed by atoms with Crippen LogP contribution in [0.4, 0.5) is 0 Å². The lowest BCUT2D eigenvalue weighted by Crippen LogP contribution is -2.10. The highest BCUT2D eigenvalue weighted by atomic mass is 16.5. The van der Waals surface area contributed by atoms with Crippen LogP contribution in [0.3, 0.4) is 0 Å². The summed E-state index contributed by atoms with van der Waals surface area (Å²) in [6, 6.07) is 5.25. The molecular formula is C10H15NO2. The molecule has 0 saturated carbocycles. The third-order valence-electron chi connectivity index (χ3n) is 1.69. The summed E-state index contributed by atoms with van der Waals surface area (Å²) in [4.78, 5) is 2.04. The third kappa shape index (κ3) is 2.95. The number of nitrogens with zero attached hydrogens (tertiary/aromatic N) is 1. The van der Waals surface area contributed by atoms with Gasteiger partial charge >= 0.3 is 0 Å². The van der Waals surface area contributed by atoms with Gasteiger partial charge in [-0.2, -0.15) is 0 Å². The van der Waals surface area contributed by atoms with Gasteiger partial charge in [0.2, 0.25) is 0 Å². The third-order valence-corrected chi connectivity index (χ3v) is 1.69. The van der Waals surface area contributed by atoms with E-state index in [1.807, 2.05) is 25.1 Å². The number of benzene rings is 1. The molecule has 1 aromatic rings. The highest BCUT2D eigenvalue weighted by Crippen LogP contribution is 2.21. The first-order valence-electron chi connectivity index (χ1n) is 4.13. The number of phenolic OH excluding ortho intramolecular Hbond substituents is 1. The number of rotatable bonds is 3. The lowest BCUT2D eigenvalue weighted by Gasteiger charge is -2.11. The first-order chi connectivity index (χ1) is 6.11. The van der Waals surface area contributed by atoms with Gasteiger partial charge in [0.1, 0.15) is 11.5 Å². The molecule has 0 bridgehead atoms. The number of aromatic hydroxyl groups is 1. The molecule has 3 heteroatoms. The number of ether oxygens (including phenoxy) is 1. The number of hydrogen-bond donors (Lipinski definition) is 1. The van der Waals surface area contributed by atoms with Crippen LogP contribution in [0, 0.1) is 0 Å². The maximum Gasteiger partial charge on any atom is 0.122 e.